The Morgan fingerprint density at radius 3 is 2.93 bits per heavy atom. The molecule has 1 fully saturated rings. The van der Waals surface area contributed by atoms with Crippen molar-refractivity contribution in [1.29, 1.82) is 0 Å². The molecule has 8 heteroatoms. The second-order valence-electron chi connectivity index (χ2n) is 6.50. The zero-order valence-electron chi connectivity index (χ0n) is 14.7. The smallest absolute Gasteiger partial charge is 0.235 e. The molecule has 1 aliphatic carbocycles. The number of thioether (sulfide) groups is 1. The van der Waals surface area contributed by atoms with Gasteiger partial charge in [-0.05, 0) is 31.0 Å². The number of amides is 1. The van der Waals surface area contributed by atoms with Crippen molar-refractivity contribution in [2.75, 3.05) is 11.1 Å². The Hall–Kier alpha value is -2.25. The maximum Gasteiger partial charge on any atom is 0.235 e. The van der Waals surface area contributed by atoms with E-state index in [0.717, 1.165) is 29.5 Å². The molecule has 1 amide bonds. The Labute approximate surface area is 166 Å². The van der Waals surface area contributed by atoms with E-state index in [1.54, 1.807) is 12.4 Å². The molecule has 6 nitrogen and oxygen atoms in total. The zero-order valence-corrected chi connectivity index (χ0v) is 16.3. The normalized spacial score (nSPS) is 14.6. The van der Waals surface area contributed by atoms with Crippen LogP contribution in [0.3, 0.4) is 0 Å². The molecular weight excluding hydrogens is 382 g/mol. The van der Waals surface area contributed by atoms with Crippen LogP contribution >= 0.6 is 23.4 Å². The van der Waals surface area contributed by atoms with Crippen LogP contribution in [0.5, 0.6) is 0 Å². The molecule has 0 unspecified atom stereocenters. The van der Waals surface area contributed by atoms with Gasteiger partial charge < -0.3 is 5.32 Å². The molecule has 4 rings (SSSR count). The molecule has 3 aromatic rings. The van der Waals surface area contributed by atoms with Crippen molar-refractivity contribution >= 4 is 35.1 Å². The first-order valence-electron chi connectivity index (χ1n) is 8.96. The van der Waals surface area contributed by atoms with E-state index < -0.39 is 0 Å². The van der Waals surface area contributed by atoms with E-state index in [0.29, 0.717) is 11.1 Å². The summed E-state index contributed by atoms with van der Waals surface area (Å²) in [6.07, 6.45) is 10.0. The molecule has 0 saturated heterocycles. The third-order valence-electron chi connectivity index (χ3n) is 4.63. The monoisotopic (exact) mass is 401 g/mol. The Balaban J connectivity index is 1.40. The molecule has 2 aromatic heterocycles. The van der Waals surface area contributed by atoms with Gasteiger partial charge in [-0.3, -0.25) is 9.36 Å². The second kappa shape index (κ2) is 8.19. The first kappa shape index (κ1) is 18.1. The molecule has 0 bridgehead atoms. The summed E-state index contributed by atoms with van der Waals surface area (Å²) in [6.45, 7) is 0. The number of hydrogen-bond acceptors (Lipinski definition) is 4. The summed E-state index contributed by atoms with van der Waals surface area (Å²) in [4.78, 5) is 16.8. The minimum Gasteiger partial charge on any atom is -0.310 e. The lowest BCUT2D eigenvalue weighted by atomic mass is 10.2. The predicted molar refractivity (Wildman–Crippen MR) is 108 cm³/mol. The van der Waals surface area contributed by atoms with Gasteiger partial charge in [-0.1, -0.05) is 42.3 Å². The molecular formula is C19H20ClN5OS. The van der Waals surface area contributed by atoms with Crippen LogP contribution in [0.15, 0.2) is 54.1 Å². The topological polar surface area (TPSA) is 64.7 Å². The number of carbonyl (C=O) groups excluding carboxylic acids is 1. The summed E-state index contributed by atoms with van der Waals surface area (Å²) >= 11 is 7.47. The van der Waals surface area contributed by atoms with Crippen LogP contribution in [0, 0.1) is 0 Å². The molecule has 27 heavy (non-hydrogen) atoms. The van der Waals surface area contributed by atoms with E-state index in [1.807, 2.05) is 45.8 Å². The fraction of sp³-hybridized carbons (Fsp3) is 0.316. The number of rotatable bonds is 6. The van der Waals surface area contributed by atoms with Gasteiger partial charge in [0.25, 0.3) is 0 Å². The summed E-state index contributed by atoms with van der Waals surface area (Å²) < 4.78 is 3.87. The van der Waals surface area contributed by atoms with E-state index in [9.17, 15) is 4.79 Å². The fourth-order valence-corrected chi connectivity index (χ4v) is 4.34. The molecule has 2 heterocycles. The highest BCUT2D eigenvalue weighted by Crippen LogP contribution is 2.31. The van der Waals surface area contributed by atoms with Crippen molar-refractivity contribution in [2.24, 2.45) is 0 Å². The van der Waals surface area contributed by atoms with Crippen molar-refractivity contribution < 1.29 is 4.79 Å². The second-order valence-corrected chi connectivity index (χ2v) is 7.87. The molecule has 0 atom stereocenters. The van der Waals surface area contributed by atoms with E-state index >= 15 is 0 Å². The van der Waals surface area contributed by atoms with Crippen LogP contribution in [-0.4, -0.2) is 31.0 Å². The van der Waals surface area contributed by atoms with Crippen LogP contribution in [0.2, 0.25) is 5.02 Å². The van der Waals surface area contributed by atoms with Gasteiger partial charge in [0.1, 0.15) is 5.82 Å². The van der Waals surface area contributed by atoms with Gasteiger partial charge in [-0.25, -0.2) is 9.67 Å². The summed E-state index contributed by atoms with van der Waals surface area (Å²) in [5.74, 6) is 0.971. The molecule has 0 radical (unpaired) electrons. The predicted octanol–water partition coefficient (Wildman–Crippen LogP) is 4.57. The van der Waals surface area contributed by atoms with Crippen LogP contribution in [0.25, 0.3) is 5.69 Å². The lowest BCUT2D eigenvalue weighted by Gasteiger charge is -2.14. The molecule has 140 valence electrons. The number of carbonyl (C=O) groups is 1. The number of nitrogens with one attached hydrogen (secondary N) is 1. The van der Waals surface area contributed by atoms with Gasteiger partial charge in [0.05, 0.1) is 18.0 Å². The third-order valence-corrected chi connectivity index (χ3v) is 5.84. The maximum atomic E-state index is 12.4. The number of aromatic nitrogens is 4. The minimum atomic E-state index is -0.0691. The number of anilines is 1. The average Bonchev–Trinajstić information content (AvgIpc) is 3.41. The number of imidazole rings is 1. The van der Waals surface area contributed by atoms with Gasteiger partial charge >= 0.3 is 0 Å². The number of benzene rings is 1. The molecule has 1 aliphatic rings. The fourth-order valence-electron chi connectivity index (χ4n) is 3.38. The van der Waals surface area contributed by atoms with E-state index in [4.69, 9.17) is 11.6 Å². The van der Waals surface area contributed by atoms with Gasteiger partial charge in [0.2, 0.25) is 5.91 Å². The lowest BCUT2D eigenvalue weighted by molar-refractivity contribution is -0.113. The van der Waals surface area contributed by atoms with Gasteiger partial charge in [-0.2, -0.15) is 5.10 Å². The Morgan fingerprint density at radius 2 is 2.11 bits per heavy atom. The van der Waals surface area contributed by atoms with E-state index in [2.05, 4.69) is 15.4 Å². The van der Waals surface area contributed by atoms with Crippen LogP contribution in [-0.2, 0) is 4.79 Å². The van der Waals surface area contributed by atoms with Crippen LogP contribution in [0.1, 0.15) is 31.7 Å². The average molecular weight is 402 g/mol. The SMILES string of the molecule is O=C(CSc1nccn1-c1cccc(Cl)c1)Nc1ccnn1C1CCCC1. The van der Waals surface area contributed by atoms with Crippen molar-refractivity contribution in [1.82, 2.24) is 19.3 Å². The molecule has 1 aromatic carbocycles. The first-order chi connectivity index (χ1) is 13.2. The highest BCUT2D eigenvalue weighted by molar-refractivity contribution is 7.99. The molecule has 1 saturated carbocycles. The van der Waals surface area contributed by atoms with E-state index in [-0.39, 0.29) is 11.7 Å². The summed E-state index contributed by atoms with van der Waals surface area (Å²) in [7, 11) is 0. The highest BCUT2D eigenvalue weighted by Gasteiger charge is 2.20. The van der Waals surface area contributed by atoms with Crippen molar-refractivity contribution in [3.8, 4) is 5.69 Å². The summed E-state index contributed by atoms with van der Waals surface area (Å²) in [5.41, 5.74) is 0.919. The zero-order chi connectivity index (χ0) is 18.6. The standard InChI is InChI=1S/C19H20ClN5OS/c20-14-4-3-7-16(12-14)24-11-10-21-19(24)27-13-18(26)23-17-8-9-22-25(17)15-5-1-2-6-15/h3-4,7-12,15H,1-2,5-6,13H2,(H,23,26). The van der Waals surface area contributed by atoms with Gasteiger partial charge in [0, 0.05) is 29.2 Å². The molecule has 0 aliphatic heterocycles. The highest BCUT2D eigenvalue weighted by atomic mass is 35.5. The molecule has 0 spiro atoms. The largest absolute Gasteiger partial charge is 0.310 e. The quantitative estimate of drug-likeness (QED) is 0.614. The van der Waals surface area contributed by atoms with Crippen molar-refractivity contribution in [3.05, 3.63) is 53.9 Å². The van der Waals surface area contributed by atoms with Crippen molar-refractivity contribution in [2.45, 2.75) is 36.9 Å². The maximum absolute atomic E-state index is 12.4. The Bertz CT molecular complexity index is 932. The van der Waals surface area contributed by atoms with Crippen molar-refractivity contribution in [3.63, 3.8) is 0 Å². The summed E-state index contributed by atoms with van der Waals surface area (Å²) in [6, 6.07) is 9.79. The van der Waals surface area contributed by atoms with E-state index in [1.165, 1.54) is 24.6 Å². The minimum absolute atomic E-state index is 0.0691. The van der Waals surface area contributed by atoms with Crippen LogP contribution < -0.4 is 5.32 Å². The Morgan fingerprint density at radius 1 is 1.26 bits per heavy atom. The number of hydrogen-bond donors (Lipinski definition) is 1. The Kier molecular flexibility index (Phi) is 5.50. The molecule has 1 N–H and O–H groups in total. The number of nitrogens with zero attached hydrogens (tertiary/aromatic N) is 4. The number of halogens is 1. The first-order valence-corrected chi connectivity index (χ1v) is 10.3. The van der Waals surface area contributed by atoms with Crippen LogP contribution in [0.4, 0.5) is 5.82 Å². The summed E-state index contributed by atoms with van der Waals surface area (Å²) in [5, 5.41) is 8.78. The lowest BCUT2D eigenvalue weighted by Crippen LogP contribution is -2.19. The van der Waals surface area contributed by atoms with Gasteiger partial charge in [0.15, 0.2) is 5.16 Å². The van der Waals surface area contributed by atoms with Gasteiger partial charge in [-0.15, -0.1) is 0 Å². The third kappa shape index (κ3) is 4.20.